The van der Waals surface area contributed by atoms with E-state index in [1.807, 2.05) is 13.8 Å². The molecule has 4 heteroatoms. The second kappa shape index (κ2) is 3.79. The van der Waals surface area contributed by atoms with Crippen LogP contribution in [-0.2, 0) is 19.0 Å². The largest absolute Gasteiger partial charge is 0.498 e. The molecule has 0 N–H and O–H groups in total. The lowest BCUT2D eigenvalue weighted by atomic mass is 10.1. The quantitative estimate of drug-likeness (QED) is 0.283. The van der Waals surface area contributed by atoms with Gasteiger partial charge in [-0.05, 0) is 13.8 Å². The Kier molecular flexibility index (Phi) is 2.93. The molecule has 0 saturated carbocycles. The van der Waals surface area contributed by atoms with Crippen molar-refractivity contribution in [3.63, 3.8) is 0 Å². The Hall–Kier alpha value is -1.03. The molecule has 0 amide bonds. The number of carbonyl (C=O) groups excluding carboxylic acids is 1. The lowest BCUT2D eigenvalue weighted by Gasteiger charge is -1.97. The van der Waals surface area contributed by atoms with E-state index in [1.54, 1.807) is 0 Å². The van der Waals surface area contributed by atoms with E-state index in [9.17, 15) is 4.79 Å². The molecule has 0 bridgehead atoms. The standard InChI is InChI=1S/C9H14O4/c1-9(2)7(13-9)6-12-5-4-8(10)11-3/h4-5,7H,6H2,1-3H3/b5-4+/t7-/m1/s1. The number of methoxy groups -OCH3 is 1. The van der Waals surface area contributed by atoms with Crippen LogP contribution < -0.4 is 0 Å². The van der Waals surface area contributed by atoms with Crippen LogP contribution in [0.5, 0.6) is 0 Å². The van der Waals surface area contributed by atoms with Crippen LogP contribution in [0, 0.1) is 0 Å². The van der Waals surface area contributed by atoms with Gasteiger partial charge in [-0.15, -0.1) is 0 Å². The Morgan fingerprint density at radius 3 is 2.69 bits per heavy atom. The summed E-state index contributed by atoms with van der Waals surface area (Å²) in [5.41, 5.74) is -0.0703. The Balaban J connectivity index is 2.08. The highest BCUT2D eigenvalue weighted by molar-refractivity contribution is 5.81. The van der Waals surface area contributed by atoms with Crippen molar-refractivity contribution in [2.45, 2.75) is 25.6 Å². The van der Waals surface area contributed by atoms with Crippen LogP contribution >= 0.6 is 0 Å². The van der Waals surface area contributed by atoms with Gasteiger partial charge in [0.2, 0.25) is 0 Å². The van der Waals surface area contributed by atoms with Crippen LogP contribution in [0.25, 0.3) is 0 Å². The third kappa shape index (κ3) is 3.06. The van der Waals surface area contributed by atoms with Gasteiger partial charge < -0.3 is 14.2 Å². The first-order valence-electron chi connectivity index (χ1n) is 4.10. The first-order valence-corrected chi connectivity index (χ1v) is 4.10. The summed E-state index contributed by atoms with van der Waals surface area (Å²) in [5, 5.41) is 0. The van der Waals surface area contributed by atoms with Crippen molar-refractivity contribution < 1.29 is 19.0 Å². The van der Waals surface area contributed by atoms with Crippen LogP contribution in [0.3, 0.4) is 0 Å². The first kappa shape index (κ1) is 10.1. The molecule has 0 unspecified atom stereocenters. The van der Waals surface area contributed by atoms with Gasteiger partial charge in [0.15, 0.2) is 0 Å². The molecule has 0 radical (unpaired) electrons. The highest BCUT2D eigenvalue weighted by Crippen LogP contribution is 2.35. The predicted molar refractivity (Wildman–Crippen MR) is 46.1 cm³/mol. The van der Waals surface area contributed by atoms with E-state index >= 15 is 0 Å². The smallest absolute Gasteiger partial charge is 0.333 e. The minimum absolute atomic E-state index is 0.0703. The van der Waals surface area contributed by atoms with E-state index in [0.717, 1.165) is 0 Å². The monoisotopic (exact) mass is 186 g/mol. The summed E-state index contributed by atoms with van der Waals surface area (Å²) in [6.07, 6.45) is 2.69. The Labute approximate surface area is 77.5 Å². The minimum atomic E-state index is -0.420. The maximum atomic E-state index is 10.6. The third-order valence-corrected chi connectivity index (χ3v) is 1.91. The van der Waals surface area contributed by atoms with Gasteiger partial charge in [-0.25, -0.2) is 4.79 Å². The van der Waals surface area contributed by atoms with Crippen molar-refractivity contribution in [3.05, 3.63) is 12.3 Å². The normalized spacial score (nSPS) is 24.4. The summed E-state index contributed by atoms with van der Waals surface area (Å²) < 4.78 is 14.7. The molecule has 13 heavy (non-hydrogen) atoms. The predicted octanol–water partition coefficient (Wildman–Crippen LogP) is 0.867. The molecule has 4 nitrogen and oxygen atoms in total. The van der Waals surface area contributed by atoms with Gasteiger partial charge in [0.1, 0.15) is 12.7 Å². The molecule has 0 aromatic rings. The highest BCUT2D eigenvalue weighted by atomic mass is 16.6. The zero-order valence-corrected chi connectivity index (χ0v) is 8.07. The molecule has 1 atom stereocenters. The number of epoxide rings is 1. The van der Waals surface area contributed by atoms with Crippen molar-refractivity contribution in [2.24, 2.45) is 0 Å². The van der Waals surface area contributed by atoms with Crippen molar-refractivity contribution in [3.8, 4) is 0 Å². The van der Waals surface area contributed by atoms with Crippen LogP contribution in [0.1, 0.15) is 13.8 Å². The van der Waals surface area contributed by atoms with E-state index in [-0.39, 0.29) is 11.7 Å². The van der Waals surface area contributed by atoms with E-state index in [4.69, 9.17) is 9.47 Å². The fourth-order valence-corrected chi connectivity index (χ4v) is 0.882. The summed E-state index contributed by atoms with van der Waals surface area (Å²) in [5.74, 6) is -0.420. The molecule has 74 valence electrons. The Bertz CT molecular complexity index is 220. The van der Waals surface area contributed by atoms with Gasteiger partial charge in [-0.2, -0.15) is 0 Å². The zero-order valence-electron chi connectivity index (χ0n) is 8.07. The van der Waals surface area contributed by atoms with Crippen LogP contribution in [0.15, 0.2) is 12.3 Å². The fourth-order valence-electron chi connectivity index (χ4n) is 0.882. The van der Waals surface area contributed by atoms with Crippen LogP contribution in [-0.4, -0.2) is 31.4 Å². The van der Waals surface area contributed by atoms with Gasteiger partial charge in [0, 0.05) is 0 Å². The number of hydrogen-bond donors (Lipinski definition) is 0. The molecule has 1 saturated heterocycles. The minimum Gasteiger partial charge on any atom is -0.498 e. The maximum absolute atomic E-state index is 10.6. The maximum Gasteiger partial charge on any atom is 0.333 e. The summed E-state index contributed by atoms with van der Waals surface area (Å²) >= 11 is 0. The molecule has 0 spiro atoms. The molecular weight excluding hydrogens is 172 g/mol. The Morgan fingerprint density at radius 1 is 1.62 bits per heavy atom. The van der Waals surface area contributed by atoms with E-state index in [0.29, 0.717) is 6.61 Å². The average molecular weight is 186 g/mol. The molecular formula is C9H14O4. The second-order valence-electron chi connectivity index (χ2n) is 3.37. The molecule has 0 aromatic carbocycles. The van der Waals surface area contributed by atoms with Crippen LogP contribution in [0.2, 0.25) is 0 Å². The van der Waals surface area contributed by atoms with Crippen LogP contribution in [0.4, 0.5) is 0 Å². The van der Waals surface area contributed by atoms with Gasteiger partial charge >= 0.3 is 5.97 Å². The molecule has 0 aromatic heterocycles. The first-order chi connectivity index (χ1) is 6.06. The average Bonchev–Trinajstić information content (AvgIpc) is 2.67. The lowest BCUT2D eigenvalue weighted by Crippen LogP contribution is -2.08. The summed E-state index contributed by atoms with van der Waals surface area (Å²) in [6.45, 7) is 4.45. The number of ether oxygens (including phenoxy) is 3. The molecule has 0 aliphatic carbocycles. The zero-order chi connectivity index (χ0) is 9.90. The second-order valence-corrected chi connectivity index (χ2v) is 3.37. The van der Waals surface area contributed by atoms with Gasteiger partial charge in [-0.3, -0.25) is 0 Å². The van der Waals surface area contributed by atoms with Crippen molar-refractivity contribution >= 4 is 5.97 Å². The number of rotatable bonds is 4. The molecule has 1 fully saturated rings. The summed E-state index contributed by atoms with van der Waals surface area (Å²) in [4.78, 5) is 10.6. The highest BCUT2D eigenvalue weighted by Gasteiger charge is 2.48. The number of hydrogen-bond acceptors (Lipinski definition) is 4. The molecule has 1 rings (SSSR count). The Morgan fingerprint density at radius 2 is 2.23 bits per heavy atom. The third-order valence-electron chi connectivity index (χ3n) is 1.91. The van der Waals surface area contributed by atoms with Gasteiger partial charge in [-0.1, -0.05) is 0 Å². The molecule has 1 aliphatic rings. The van der Waals surface area contributed by atoms with Crippen molar-refractivity contribution in [1.82, 2.24) is 0 Å². The number of esters is 1. The van der Waals surface area contributed by atoms with Crippen molar-refractivity contribution in [2.75, 3.05) is 13.7 Å². The van der Waals surface area contributed by atoms with Gasteiger partial charge in [0.25, 0.3) is 0 Å². The lowest BCUT2D eigenvalue weighted by molar-refractivity contribution is -0.135. The van der Waals surface area contributed by atoms with E-state index in [2.05, 4.69) is 4.74 Å². The summed E-state index contributed by atoms with van der Waals surface area (Å²) in [6, 6.07) is 0. The number of carbonyl (C=O) groups is 1. The molecule has 1 heterocycles. The van der Waals surface area contributed by atoms with Crippen molar-refractivity contribution in [1.29, 1.82) is 0 Å². The van der Waals surface area contributed by atoms with E-state index in [1.165, 1.54) is 19.4 Å². The van der Waals surface area contributed by atoms with E-state index < -0.39 is 5.97 Å². The van der Waals surface area contributed by atoms with Gasteiger partial charge in [0.05, 0.1) is 25.0 Å². The topological polar surface area (TPSA) is 48.1 Å². The fraction of sp³-hybridized carbons (Fsp3) is 0.667. The molecule has 1 aliphatic heterocycles. The summed E-state index contributed by atoms with van der Waals surface area (Å²) in [7, 11) is 1.32. The SMILES string of the molecule is COC(=O)/C=C/OC[C@H]1OC1(C)C.